The first-order valence-electron chi connectivity index (χ1n) is 14.0. The van der Waals surface area contributed by atoms with Crippen LogP contribution in [0.25, 0.3) is 22.6 Å². The molecule has 2 aromatic heterocycles. The van der Waals surface area contributed by atoms with Crippen LogP contribution in [0.5, 0.6) is 0 Å². The number of benzene rings is 5. The zero-order valence-corrected chi connectivity index (χ0v) is 23.9. The Morgan fingerprint density at radius 1 is 0.395 bits per heavy atom. The number of furan rings is 2. The van der Waals surface area contributed by atoms with E-state index in [4.69, 9.17) is 20.4 Å². The van der Waals surface area contributed by atoms with E-state index < -0.39 is 0 Å². The molecule has 5 aromatic carbocycles. The van der Waals surface area contributed by atoms with E-state index >= 15 is 0 Å². The molecule has 5 heteroatoms. The Bertz CT molecular complexity index is 1790. The number of anilines is 6. The van der Waals surface area contributed by atoms with Crippen LogP contribution in [0.4, 0.5) is 34.1 Å². The molecule has 0 spiro atoms. The van der Waals surface area contributed by atoms with E-state index in [1.54, 1.807) is 12.5 Å². The van der Waals surface area contributed by atoms with Crippen molar-refractivity contribution < 1.29 is 8.83 Å². The van der Waals surface area contributed by atoms with Gasteiger partial charge in [0.2, 0.25) is 0 Å². The van der Waals surface area contributed by atoms with Gasteiger partial charge in [-0.1, -0.05) is 115 Å². The lowest BCUT2D eigenvalue weighted by molar-refractivity contribution is 0.582. The van der Waals surface area contributed by atoms with Gasteiger partial charge in [-0.15, -0.1) is 0 Å². The number of para-hydroxylation sites is 2. The maximum absolute atomic E-state index is 7.40. The van der Waals surface area contributed by atoms with Crippen molar-refractivity contribution in [2.24, 2.45) is 0 Å². The molecule has 0 N–H and O–H groups in total. The summed E-state index contributed by atoms with van der Waals surface area (Å²) in [5, 5.41) is 0.583. The van der Waals surface area contributed by atoms with E-state index in [1.165, 1.54) is 0 Å². The SMILES string of the molecule is Clc1c(N(c2ccccc2)c2coc(-c3ccccc3)c2)cccc1N(c1ccccc1)c1coc(-c2ccccc2)c1. The lowest BCUT2D eigenvalue weighted by atomic mass is 10.1. The van der Waals surface area contributed by atoms with Crippen LogP contribution in [0.15, 0.2) is 173 Å². The number of hydrogen-bond acceptors (Lipinski definition) is 4. The molecule has 0 aliphatic rings. The van der Waals surface area contributed by atoms with Crippen molar-refractivity contribution >= 4 is 45.7 Å². The summed E-state index contributed by atoms with van der Waals surface area (Å²) in [6, 6.07) is 50.7. The summed E-state index contributed by atoms with van der Waals surface area (Å²) >= 11 is 7.40. The fourth-order valence-corrected chi connectivity index (χ4v) is 5.55. The molecule has 0 aliphatic carbocycles. The minimum Gasteiger partial charge on any atom is -0.462 e. The molecular formula is C38H27ClN2O2. The molecule has 43 heavy (non-hydrogen) atoms. The molecule has 0 aliphatic heterocycles. The molecular weight excluding hydrogens is 552 g/mol. The van der Waals surface area contributed by atoms with Crippen molar-refractivity contribution in [1.82, 2.24) is 0 Å². The van der Waals surface area contributed by atoms with Crippen molar-refractivity contribution in [3.05, 3.63) is 169 Å². The molecule has 208 valence electrons. The number of nitrogens with zero attached hydrogens (tertiary/aromatic N) is 2. The fourth-order valence-electron chi connectivity index (χ4n) is 5.26. The third kappa shape index (κ3) is 5.32. The van der Waals surface area contributed by atoms with E-state index in [1.807, 2.05) is 127 Å². The van der Waals surface area contributed by atoms with Gasteiger partial charge in [0.15, 0.2) is 0 Å². The predicted molar refractivity (Wildman–Crippen MR) is 176 cm³/mol. The Hall–Kier alpha value is -5.45. The second kappa shape index (κ2) is 11.8. The molecule has 7 aromatic rings. The Morgan fingerprint density at radius 2 is 0.767 bits per heavy atom. The molecule has 0 fully saturated rings. The number of hydrogen-bond donors (Lipinski definition) is 0. The number of rotatable bonds is 8. The fraction of sp³-hybridized carbons (Fsp3) is 0. The van der Waals surface area contributed by atoms with E-state index in [2.05, 4.69) is 34.1 Å². The van der Waals surface area contributed by atoms with Crippen LogP contribution in [-0.2, 0) is 0 Å². The first-order chi connectivity index (χ1) is 21.3. The summed E-state index contributed by atoms with van der Waals surface area (Å²) in [5.74, 6) is 1.56. The Morgan fingerprint density at radius 3 is 1.16 bits per heavy atom. The average Bonchev–Trinajstić information content (AvgIpc) is 3.76. The highest BCUT2D eigenvalue weighted by Gasteiger charge is 2.24. The normalized spacial score (nSPS) is 10.9. The Kier molecular flexibility index (Phi) is 7.26. The zero-order valence-electron chi connectivity index (χ0n) is 23.2. The van der Waals surface area contributed by atoms with Crippen molar-refractivity contribution in [3.63, 3.8) is 0 Å². The summed E-state index contributed by atoms with van der Waals surface area (Å²) in [5.41, 5.74) is 7.30. The summed E-state index contributed by atoms with van der Waals surface area (Å²) in [7, 11) is 0. The van der Waals surface area contributed by atoms with E-state index in [0.29, 0.717) is 5.02 Å². The molecule has 0 radical (unpaired) electrons. The van der Waals surface area contributed by atoms with Gasteiger partial charge >= 0.3 is 0 Å². The van der Waals surface area contributed by atoms with Crippen LogP contribution in [0, 0.1) is 0 Å². The van der Waals surface area contributed by atoms with Gasteiger partial charge < -0.3 is 18.6 Å². The van der Waals surface area contributed by atoms with E-state index in [0.717, 1.165) is 56.8 Å². The maximum Gasteiger partial charge on any atom is 0.136 e. The topological polar surface area (TPSA) is 32.8 Å². The second-order valence-corrected chi connectivity index (χ2v) is 10.4. The molecule has 0 saturated heterocycles. The van der Waals surface area contributed by atoms with Gasteiger partial charge in [0.05, 0.1) is 27.8 Å². The maximum atomic E-state index is 7.40. The lowest BCUT2D eigenvalue weighted by Gasteiger charge is -2.29. The molecule has 0 amide bonds. The lowest BCUT2D eigenvalue weighted by Crippen LogP contribution is -2.13. The Balaban J connectivity index is 1.36. The van der Waals surface area contributed by atoms with Crippen LogP contribution in [0.2, 0.25) is 5.02 Å². The van der Waals surface area contributed by atoms with Gasteiger partial charge in [-0.3, -0.25) is 0 Å². The molecule has 0 saturated carbocycles. The third-order valence-corrected chi connectivity index (χ3v) is 7.66. The van der Waals surface area contributed by atoms with Crippen molar-refractivity contribution in [3.8, 4) is 22.6 Å². The van der Waals surface area contributed by atoms with Gasteiger partial charge in [-0.05, 0) is 36.4 Å². The molecule has 2 heterocycles. The minimum atomic E-state index is 0.583. The summed E-state index contributed by atoms with van der Waals surface area (Å²) in [6.45, 7) is 0. The van der Waals surface area contributed by atoms with Crippen molar-refractivity contribution in [1.29, 1.82) is 0 Å². The van der Waals surface area contributed by atoms with Gasteiger partial charge in [0, 0.05) is 34.6 Å². The summed E-state index contributed by atoms with van der Waals surface area (Å²) in [4.78, 5) is 4.24. The van der Waals surface area contributed by atoms with E-state index in [9.17, 15) is 0 Å². The van der Waals surface area contributed by atoms with Crippen LogP contribution in [0.1, 0.15) is 0 Å². The van der Waals surface area contributed by atoms with Crippen LogP contribution >= 0.6 is 11.6 Å². The van der Waals surface area contributed by atoms with Crippen molar-refractivity contribution in [2.75, 3.05) is 9.80 Å². The molecule has 4 nitrogen and oxygen atoms in total. The molecule has 0 atom stereocenters. The van der Waals surface area contributed by atoms with Gasteiger partial charge in [-0.25, -0.2) is 0 Å². The smallest absolute Gasteiger partial charge is 0.136 e. The third-order valence-electron chi connectivity index (χ3n) is 7.27. The Labute approximate surface area is 255 Å². The molecule has 7 rings (SSSR count). The summed E-state index contributed by atoms with van der Waals surface area (Å²) in [6.07, 6.45) is 3.55. The number of halogens is 1. The van der Waals surface area contributed by atoms with Crippen LogP contribution in [0.3, 0.4) is 0 Å². The van der Waals surface area contributed by atoms with Crippen LogP contribution in [-0.4, -0.2) is 0 Å². The quantitative estimate of drug-likeness (QED) is 0.179. The highest BCUT2D eigenvalue weighted by molar-refractivity contribution is 6.36. The largest absolute Gasteiger partial charge is 0.462 e. The second-order valence-electron chi connectivity index (χ2n) is 10.0. The highest BCUT2D eigenvalue weighted by atomic mass is 35.5. The van der Waals surface area contributed by atoms with E-state index in [-0.39, 0.29) is 0 Å². The first-order valence-corrected chi connectivity index (χ1v) is 14.4. The first kappa shape index (κ1) is 26.4. The molecule has 0 unspecified atom stereocenters. The van der Waals surface area contributed by atoms with Gasteiger partial charge in [0.25, 0.3) is 0 Å². The average molecular weight is 579 g/mol. The molecule has 0 bridgehead atoms. The summed E-state index contributed by atoms with van der Waals surface area (Å²) < 4.78 is 12.1. The minimum absolute atomic E-state index is 0.583. The van der Waals surface area contributed by atoms with Gasteiger partial charge in [-0.2, -0.15) is 0 Å². The highest BCUT2D eigenvalue weighted by Crippen LogP contribution is 2.47. The standard InChI is InChI=1S/C38H27ClN2O2/c39-38-34(40(30-18-9-3-10-19-30)32-24-36(42-26-32)28-14-5-1-6-15-28)22-13-23-35(38)41(31-20-11-4-12-21-31)33-25-37(43-27-33)29-16-7-2-8-17-29/h1-27H. The zero-order chi connectivity index (χ0) is 29.0. The predicted octanol–water partition coefficient (Wildman–Crippen LogP) is 11.8. The van der Waals surface area contributed by atoms with Crippen LogP contribution < -0.4 is 9.80 Å². The van der Waals surface area contributed by atoms with Crippen molar-refractivity contribution in [2.45, 2.75) is 0 Å². The monoisotopic (exact) mass is 578 g/mol. The van der Waals surface area contributed by atoms with Gasteiger partial charge in [0.1, 0.15) is 24.0 Å².